The molecule has 0 bridgehead atoms. The minimum absolute atomic E-state index is 0.211. The van der Waals surface area contributed by atoms with Gasteiger partial charge >= 0.3 is 0 Å². The fourth-order valence-corrected chi connectivity index (χ4v) is 2.15. The maximum atomic E-state index is 12.1. The van der Waals surface area contributed by atoms with Crippen LogP contribution in [0.3, 0.4) is 0 Å². The molecule has 0 radical (unpaired) electrons. The number of benzene rings is 1. The maximum Gasteiger partial charge on any atom is 0.223 e. The highest BCUT2D eigenvalue weighted by molar-refractivity contribution is 5.77. The molecule has 0 spiro atoms. The molecule has 18 heavy (non-hydrogen) atoms. The summed E-state index contributed by atoms with van der Waals surface area (Å²) >= 11 is 0. The van der Waals surface area contributed by atoms with Gasteiger partial charge in [-0.2, -0.15) is 0 Å². The molecular weight excluding hydrogens is 228 g/mol. The van der Waals surface area contributed by atoms with Crippen LogP contribution in [0.4, 0.5) is 5.69 Å². The molecule has 1 aliphatic heterocycles. The smallest absolute Gasteiger partial charge is 0.223 e. The second-order valence-corrected chi connectivity index (χ2v) is 4.76. The zero-order valence-corrected chi connectivity index (χ0v) is 10.8. The largest absolute Gasteiger partial charge is 0.399 e. The van der Waals surface area contributed by atoms with Crippen molar-refractivity contribution in [2.45, 2.75) is 19.3 Å². The van der Waals surface area contributed by atoms with Gasteiger partial charge in [0.1, 0.15) is 0 Å². The molecule has 1 aromatic carbocycles. The van der Waals surface area contributed by atoms with Gasteiger partial charge in [0.2, 0.25) is 5.91 Å². The number of nitrogens with zero attached hydrogens (tertiary/aromatic N) is 1. The van der Waals surface area contributed by atoms with Gasteiger partial charge in [0.15, 0.2) is 0 Å². The van der Waals surface area contributed by atoms with Gasteiger partial charge in [-0.25, -0.2) is 0 Å². The van der Waals surface area contributed by atoms with E-state index in [4.69, 9.17) is 10.5 Å². The van der Waals surface area contributed by atoms with E-state index < -0.39 is 0 Å². The van der Waals surface area contributed by atoms with E-state index in [2.05, 4.69) is 6.92 Å². The number of ether oxygens (including phenoxy) is 1. The summed E-state index contributed by atoms with van der Waals surface area (Å²) in [5.41, 5.74) is 7.57. The van der Waals surface area contributed by atoms with Crippen LogP contribution in [0.2, 0.25) is 0 Å². The minimum atomic E-state index is 0.211. The Morgan fingerprint density at radius 3 is 2.56 bits per heavy atom. The highest BCUT2D eigenvalue weighted by Gasteiger charge is 2.19. The fraction of sp³-hybridized carbons (Fsp3) is 0.500. The Kier molecular flexibility index (Phi) is 4.20. The number of nitrogens with two attached hydrogens (primary N) is 1. The zero-order chi connectivity index (χ0) is 13.0. The lowest BCUT2D eigenvalue weighted by Crippen LogP contribution is -2.41. The average Bonchev–Trinajstić information content (AvgIpc) is 2.40. The highest BCUT2D eigenvalue weighted by atomic mass is 16.5. The van der Waals surface area contributed by atoms with Gasteiger partial charge in [-0.05, 0) is 23.6 Å². The van der Waals surface area contributed by atoms with E-state index in [1.54, 1.807) is 0 Å². The number of rotatable bonds is 3. The van der Waals surface area contributed by atoms with Crippen LogP contribution in [0.5, 0.6) is 0 Å². The van der Waals surface area contributed by atoms with E-state index in [1.165, 1.54) is 0 Å². The average molecular weight is 248 g/mol. The lowest BCUT2D eigenvalue weighted by atomic mass is 9.97. The van der Waals surface area contributed by atoms with Crippen LogP contribution >= 0.6 is 0 Å². The van der Waals surface area contributed by atoms with E-state index in [0.717, 1.165) is 11.3 Å². The predicted octanol–water partition coefficient (Wildman–Crippen LogP) is 1.62. The van der Waals surface area contributed by atoms with Gasteiger partial charge in [0, 0.05) is 25.2 Å². The topological polar surface area (TPSA) is 55.6 Å². The van der Waals surface area contributed by atoms with Gasteiger partial charge < -0.3 is 15.4 Å². The van der Waals surface area contributed by atoms with Crippen LogP contribution in [-0.2, 0) is 9.53 Å². The lowest BCUT2D eigenvalue weighted by Gasteiger charge is -2.28. The summed E-state index contributed by atoms with van der Waals surface area (Å²) < 4.78 is 5.24. The molecule has 4 heteroatoms. The first-order valence-corrected chi connectivity index (χ1v) is 6.38. The SMILES string of the molecule is CC(CC(=O)N1CCOCC1)c1ccc(N)cc1. The van der Waals surface area contributed by atoms with Crippen LogP contribution < -0.4 is 5.73 Å². The number of amides is 1. The van der Waals surface area contributed by atoms with Crippen LogP contribution in [0, 0.1) is 0 Å². The second-order valence-electron chi connectivity index (χ2n) is 4.76. The summed E-state index contributed by atoms with van der Waals surface area (Å²) in [6.07, 6.45) is 0.546. The minimum Gasteiger partial charge on any atom is -0.399 e. The first kappa shape index (κ1) is 12.9. The lowest BCUT2D eigenvalue weighted by molar-refractivity contribution is -0.135. The van der Waals surface area contributed by atoms with Crippen LogP contribution in [0.15, 0.2) is 24.3 Å². The molecule has 4 nitrogen and oxygen atoms in total. The molecule has 0 aromatic heterocycles. The first-order chi connectivity index (χ1) is 8.66. The molecular formula is C14H20N2O2. The Morgan fingerprint density at radius 1 is 1.33 bits per heavy atom. The first-order valence-electron chi connectivity index (χ1n) is 6.38. The van der Waals surface area contributed by atoms with Crippen LogP contribution in [-0.4, -0.2) is 37.1 Å². The molecule has 0 saturated carbocycles. The van der Waals surface area contributed by atoms with Crippen molar-refractivity contribution in [2.24, 2.45) is 0 Å². The number of morpholine rings is 1. The summed E-state index contributed by atoms with van der Waals surface area (Å²) in [5, 5.41) is 0. The third-order valence-electron chi connectivity index (χ3n) is 3.35. The van der Waals surface area contributed by atoms with E-state index in [1.807, 2.05) is 29.2 Å². The van der Waals surface area contributed by atoms with E-state index in [9.17, 15) is 4.79 Å². The summed E-state index contributed by atoms with van der Waals surface area (Å²) in [6.45, 7) is 4.81. The molecule has 1 heterocycles. The molecule has 2 rings (SSSR count). The monoisotopic (exact) mass is 248 g/mol. The van der Waals surface area contributed by atoms with Crippen LogP contribution in [0.1, 0.15) is 24.8 Å². The van der Waals surface area contributed by atoms with Gasteiger partial charge in [-0.15, -0.1) is 0 Å². The molecule has 1 atom stereocenters. The van der Waals surface area contributed by atoms with Crippen molar-refractivity contribution in [3.8, 4) is 0 Å². The second kappa shape index (κ2) is 5.87. The summed E-state index contributed by atoms with van der Waals surface area (Å²) in [6, 6.07) is 7.75. The van der Waals surface area contributed by atoms with Gasteiger partial charge in [-0.3, -0.25) is 4.79 Å². The van der Waals surface area contributed by atoms with E-state index in [0.29, 0.717) is 32.7 Å². The summed E-state index contributed by atoms with van der Waals surface area (Å²) in [4.78, 5) is 14.0. The molecule has 1 aliphatic rings. The Labute approximate surface area is 108 Å². The van der Waals surface area contributed by atoms with E-state index >= 15 is 0 Å². The number of carbonyl (C=O) groups excluding carboxylic acids is 1. The van der Waals surface area contributed by atoms with E-state index in [-0.39, 0.29) is 11.8 Å². The van der Waals surface area contributed by atoms with Crippen molar-refractivity contribution in [1.29, 1.82) is 0 Å². The van der Waals surface area contributed by atoms with Crippen LogP contribution in [0.25, 0.3) is 0 Å². The molecule has 1 unspecified atom stereocenters. The summed E-state index contributed by atoms with van der Waals surface area (Å²) in [5.74, 6) is 0.434. The third kappa shape index (κ3) is 3.23. The normalized spacial score (nSPS) is 17.5. The highest BCUT2D eigenvalue weighted by Crippen LogP contribution is 2.21. The molecule has 0 aliphatic carbocycles. The molecule has 1 saturated heterocycles. The maximum absolute atomic E-state index is 12.1. The Bertz CT molecular complexity index is 397. The Hall–Kier alpha value is -1.55. The van der Waals surface area contributed by atoms with Crippen molar-refractivity contribution >= 4 is 11.6 Å². The van der Waals surface area contributed by atoms with Crippen molar-refractivity contribution in [3.63, 3.8) is 0 Å². The summed E-state index contributed by atoms with van der Waals surface area (Å²) in [7, 11) is 0. The van der Waals surface area contributed by atoms with Gasteiger partial charge in [-0.1, -0.05) is 19.1 Å². The Balaban J connectivity index is 1.91. The third-order valence-corrected chi connectivity index (χ3v) is 3.35. The van der Waals surface area contributed by atoms with Gasteiger partial charge in [0.05, 0.1) is 13.2 Å². The molecule has 1 fully saturated rings. The van der Waals surface area contributed by atoms with Crippen molar-refractivity contribution in [3.05, 3.63) is 29.8 Å². The number of hydrogen-bond acceptors (Lipinski definition) is 3. The zero-order valence-electron chi connectivity index (χ0n) is 10.8. The van der Waals surface area contributed by atoms with Gasteiger partial charge in [0.25, 0.3) is 0 Å². The molecule has 98 valence electrons. The molecule has 1 amide bonds. The quantitative estimate of drug-likeness (QED) is 0.827. The molecule has 2 N–H and O–H groups in total. The predicted molar refractivity (Wildman–Crippen MR) is 71.3 cm³/mol. The van der Waals surface area contributed by atoms with Crippen molar-refractivity contribution in [1.82, 2.24) is 4.90 Å². The standard InChI is InChI=1S/C14H20N2O2/c1-11(12-2-4-13(15)5-3-12)10-14(17)16-6-8-18-9-7-16/h2-5,11H,6-10,15H2,1H3. The fourth-order valence-electron chi connectivity index (χ4n) is 2.15. The van der Waals surface area contributed by atoms with Crippen molar-refractivity contribution < 1.29 is 9.53 Å². The number of hydrogen-bond donors (Lipinski definition) is 1. The number of anilines is 1. The molecule has 1 aromatic rings. The number of nitrogen functional groups attached to an aromatic ring is 1. The number of carbonyl (C=O) groups is 1. The van der Waals surface area contributed by atoms with Crippen molar-refractivity contribution in [2.75, 3.05) is 32.0 Å². The Morgan fingerprint density at radius 2 is 1.94 bits per heavy atom.